The summed E-state index contributed by atoms with van der Waals surface area (Å²) in [6, 6.07) is 10.0. The quantitative estimate of drug-likeness (QED) is 0.598. The minimum atomic E-state index is -3.38. The lowest BCUT2D eigenvalue weighted by molar-refractivity contribution is -0.140. The van der Waals surface area contributed by atoms with E-state index in [4.69, 9.17) is 0 Å². The number of imide groups is 2. The summed E-state index contributed by atoms with van der Waals surface area (Å²) in [6.07, 6.45) is 1.12. The highest BCUT2D eigenvalue weighted by atomic mass is 32.2. The first-order valence-electron chi connectivity index (χ1n) is 10.4. The van der Waals surface area contributed by atoms with Crippen molar-refractivity contribution >= 4 is 39.4 Å². The van der Waals surface area contributed by atoms with Crippen molar-refractivity contribution in [1.82, 2.24) is 15.5 Å². The Kier molecular flexibility index (Phi) is 5.60. The summed E-state index contributed by atoms with van der Waals surface area (Å²) in [6.45, 7) is 1.50. The molecule has 10 nitrogen and oxygen atoms in total. The minimum Gasteiger partial charge on any atom is -0.348 e. The van der Waals surface area contributed by atoms with Gasteiger partial charge in [-0.25, -0.2) is 8.42 Å². The van der Waals surface area contributed by atoms with E-state index in [9.17, 15) is 32.4 Å². The molecule has 1 saturated heterocycles. The van der Waals surface area contributed by atoms with Crippen molar-refractivity contribution in [2.75, 3.05) is 6.26 Å². The molecule has 0 radical (unpaired) electrons. The average Bonchev–Trinajstić information content (AvgIpc) is 3.04. The van der Waals surface area contributed by atoms with Crippen LogP contribution in [0.5, 0.6) is 0 Å². The van der Waals surface area contributed by atoms with Crippen molar-refractivity contribution in [3.05, 3.63) is 64.7 Å². The van der Waals surface area contributed by atoms with E-state index in [1.165, 1.54) is 43.3 Å². The molecule has 11 heteroatoms. The Labute approximate surface area is 195 Å². The van der Waals surface area contributed by atoms with Gasteiger partial charge in [-0.05, 0) is 55.3 Å². The van der Waals surface area contributed by atoms with Gasteiger partial charge in [-0.3, -0.25) is 34.2 Å². The number of carbonyl (C=O) groups is 5. The van der Waals surface area contributed by atoms with E-state index in [0.29, 0.717) is 5.56 Å². The van der Waals surface area contributed by atoms with Crippen LogP contribution in [-0.2, 0) is 26.0 Å². The number of amides is 5. The van der Waals surface area contributed by atoms with Gasteiger partial charge in [0.05, 0.1) is 16.0 Å². The minimum absolute atomic E-state index is 0.0120. The lowest BCUT2D eigenvalue weighted by Gasteiger charge is -2.38. The number of rotatable bonds is 5. The molecule has 0 aliphatic carbocycles. The second-order valence-electron chi connectivity index (χ2n) is 8.46. The van der Waals surface area contributed by atoms with Crippen molar-refractivity contribution in [1.29, 1.82) is 0 Å². The van der Waals surface area contributed by atoms with Crippen LogP contribution in [0.2, 0.25) is 0 Å². The van der Waals surface area contributed by atoms with Gasteiger partial charge in [-0.2, -0.15) is 0 Å². The molecule has 34 heavy (non-hydrogen) atoms. The molecule has 1 unspecified atom stereocenters. The molecular formula is C23H21N3O7S. The Morgan fingerprint density at radius 2 is 1.68 bits per heavy atom. The first-order chi connectivity index (χ1) is 15.9. The Morgan fingerprint density at radius 3 is 2.29 bits per heavy atom. The third-order valence-corrected chi connectivity index (χ3v) is 7.15. The maximum Gasteiger partial charge on any atom is 0.262 e. The lowest BCUT2D eigenvalue weighted by Crippen LogP contribution is -2.62. The molecular weight excluding hydrogens is 462 g/mol. The van der Waals surface area contributed by atoms with Crippen LogP contribution >= 0.6 is 0 Å². The van der Waals surface area contributed by atoms with Crippen LogP contribution < -0.4 is 10.6 Å². The highest BCUT2D eigenvalue weighted by Crippen LogP contribution is 2.34. The molecule has 0 spiro atoms. The monoisotopic (exact) mass is 483 g/mol. The summed E-state index contributed by atoms with van der Waals surface area (Å²) in [5.74, 6) is -2.86. The van der Waals surface area contributed by atoms with Gasteiger partial charge in [0, 0.05) is 24.8 Å². The number of hydrogen-bond donors (Lipinski definition) is 2. The second-order valence-corrected chi connectivity index (χ2v) is 10.5. The largest absolute Gasteiger partial charge is 0.348 e. The predicted molar refractivity (Wildman–Crippen MR) is 118 cm³/mol. The highest BCUT2D eigenvalue weighted by molar-refractivity contribution is 7.90. The Hall–Kier alpha value is -3.86. The zero-order chi connectivity index (χ0) is 24.8. The number of sulfone groups is 1. The van der Waals surface area contributed by atoms with Crippen LogP contribution in [0, 0.1) is 0 Å². The average molecular weight is 484 g/mol. The van der Waals surface area contributed by atoms with Crippen molar-refractivity contribution < 1.29 is 32.4 Å². The van der Waals surface area contributed by atoms with Crippen molar-refractivity contribution in [2.45, 2.75) is 36.7 Å². The first-order valence-corrected chi connectivity index (χ1v) is 12.3. The molecule has 4 rings (SSSR count). The van der Waals surface area contributed by atoms with Gasteiger partial charge in [-0.1, -0.05) is 6.07 Å². The van der Waals surface area contributed by atoms with E-state index < -0.39 is 44.9 Å². The van der Waals surface area contributed by atoms with Gasteiger partial charge in [-0.15, -0.1) is 0 Å². The molecule has 0 bridgehead atoms. The van der Waals surface area contributed by atoms with E-state index in [1.54, 1.807) is 6.07 Å². The van der Waals surface area contributed by atoms with E-state index in [-0.39, 0.29) is 41.0 Å². The fourth-order valence-electron chi connectivity index (χ4n) is 3.99. The van der Waals surface area contributed by atoms with Crippen LogP contribution in [0.4, 0.5) is 0 Å². The third-order valence-electron chi connectivity index (χ3n) is 6.02. The Balaban J connectivity index is 1.50. The number of piperidine rings is 1. The first kappa shape index (κ1) is 23.3. The smallest absolute Gasteiger partial charge is 0.262 e. The van der Waals surface area contributed by atoms with E-state index >= 15 is 0 Å². The van der Waals surface area contributed by atoms with Crippen LogP contribution in [0.15, 0.2) is 47.4 Å². The number of carbonyl (C=O) groups excluding carboxylic acids is 5. The standard InChI is InChI=1S/C23H21N3O7S/c1-23(10-9-18(27)25-22(23)31)26-20(29)16-8-3-13(11-17(16)21(26)30)12-24-19(28)14-4-6-15(7-5-14)34(2,32)33/h3-8,11H,9-10,12H2,1-2H3,(H,24,28)(H,25,27,31). The number of nitrogens with zero attached hydrogens (tertiary/aromatic N) is 1. The van der Waals surface area contributed by atoms with Gasteiger partial charge < -0.3 is 5.32 Å². The maximum atomic E-state index is 13.1. The second kappa shape index (κ2) is 8.17. The van der Waals surface area contributed by atoms with Gasteiger partial charge in [0.1, 0.15) is 5.54 Å². The summed E-state index contributed by atoms with van der Waals surface area (Å²) in [5, 5.41) is 4.87. The van der Waals surface area contributed by atoms with Crippen molar-refractivity contribution in [2.24, 2.45) is 0 Å². The lowest BCUT2D eigenvalue weighted by atomic mass is 9.89. The molecule has 2 aromatic carbocycles. The molecule has 2 N–H and O–H groups in total. The predicted octanol–water partition coefficient (Wildman–Crippen LogP) is 0.811. The summed E-state index contributed by atoms with van der Waals surface area (Å²) < 4.78 is 23.1. The zero-order valence-electron chi connectivity index (χ0n) is 18.4. The van der Waals surface area contributed by atoms with Gasteiger partial charge in [0.2, 0.25) is 5.91 Å². The third kappa shape index (κ3) is 3.98. The molecule has 0 saturated carbocycles. The maximum absolute atomic E-state index is 13.1. The fourth-order valence-corrected chi connectivity index (χ4v) is 4.62. The number of nitrogens with one attached hydrogen (secondary N) is 2. The molecule has 2 aromatic rings. The SMILES string of the molecule is CC1(N2C(=O)c3ccc(CNC(=O)c4ccc(S(C)(=O)=O)cc4)cc3C2=O)CCC(=O)NC1=O. The van der Waals surface area contributed by atoms with Gasteiger partial charge >= 0.3 is 0 Å². The Bertz CT molecular complexity index is 1370. The summed E-state index contributed by atoms with van der Waals surface area (Å²) in [5.41, 5.74) is -0.413. The molecule has 0 aromatic heterocycles. The number of benzene rings is 2. The van der Waals surface area contributed by atoms with Crippen LogP contribution in [0.1, 0.15) is 56.4 Å². The van der Waals surface area contributed by atoms with Crippen molar-refractivity contribution in [3.63, 3.8) is 0 Å². The van der Waals surface area contributed by atoms with E-state index in [0.717, 1.165) is 11.2 Å². The number of fused-ring (bicyclic) bond motifs is 1. The highest BCUT2D eigenvalue weighted by Gasteiger charge is 2.52. The summed E-state index contributed by atoms with van der Waals surface area (Å²) >= 11 is 0. The molecule has 1 atom stereocenters. The summed E-state index contributed by atoms with van der Waals surface area (Å²) in [4.78, 5) is 63.4. The molecule has 2 aliphatic rings. The fraction of sp³-hybridized carbons (Fsp3) is 0.261. The molecule has 2 heterocycles. The number of hydrogen-bond acceptors (Lipinski definition) is 7. The van der Waals surface area contributed by atoms with E-state index in [2.05, 4.69) is 10.6 Å². The topological polar surface area (TPSA) is 147 Å². The van der Waals surface area contributed by atoms with Crippen LogP contribution in [-0.4, -0.2) is 54.6 Å². The Morgan fingerprint density at radius 1 is 1.03 bits per heavy atom. The summed E-state index contributed by atoms with van der Waals surface area (Å²) in [7, 11) is -3.38. The van der Waals surface area contributed by atoms with Crippen LogP contribution in [0.25, 0.3) is 0 Å². The van der Waals surface area contributed by atoms with E-state index in [1.807, 2.05) is 0 Å². The molecule has 1 fully saturated rings. The van der Waals surface area contributed by atoms with Crippen molar-refractivity contribution in [3.8, 4) is 0 Å². The van der Waals surface area contributed by atoms with Gasteiger partial charge in [0.15, 0.2) is 9.84 Å². The zero-order valence-corrected chi connectivity index (χ0v) is 19.2. The van der Waals surface area contributed by atoms with Crippen LogP contribution in [0.3, 0.4) is 0 Å². The molecule has 2 aliphatic heterocycles. The molecule has 176 valence electrons. The normalized spacial score (nSPS) is 20.2. The molecule has 5 amide bonds. The van der Waals surface area contributed by atoms with Gasteiger partial charge in [0.25, 0.3) is 23.6 Å².